The topological polar surface area (TPSA) is 58.5 Å². The van der Waals surface area contributed by atoms with E-state index in [0.717, 1.165) is 20.7 Å². The number of para-hydroxylation sites is 1. The van der Waals surface area contributed by atoms with E-state index in [1.165, 1.54) is 23.1 Å². The zero-order valence-electron chi connectivity index (χ0n) is 14.2. The fourth-order valence-electron chi connectivity index (χ4n) is 2.51. The second kappa shape index (κ2) is 7.75. The van der Waals surface area contributed by atoms with Crippen LogP contribution in [-0.4, -0.2) is 21.3 Å². The maximum absolute atomic E-state index is 13.1. The maximum Gasteiger partial charge on any atom is 0.271 e. The molecule has 1 saturated heterocycles. The first-order valence-electron chi connectivity index (χ1n) is 8.03. The molecule has 8 heteroatoms. The second-order valence-corrected chi connectivity index (χ2v) is 8.72. The molecule has 0 N–H and O–H groups in total. The minimum absolute atomic E-state index is 0.105. The van der Waals surface area contributed by atoms with Crippen LogP contribution in [0.15, 0.2) is 69.0 Å². The van der Waals surface area contributed by atoms with Crippen molar-refractivity contribution < 1.29 is 4.79 Å². The molecule has 1 aliphatic rings. The summed E-state index contributed by atoms with van der Waals surface area (Å²) in [5.74, 6) is -0.105. The number of thioether (sulfide) groups is 1. The lowest BCUT2D eigenvalue weighted by molar-refractivity contribution is -0.113. The number of amides is 1. The number of halogens is 1. The number of carbonyl (C=O) groups is 1. The molecule has 0 spiro atoms. The lowest BCUT2D eigenvalue weighted by atomic mass is 10.2. The van der Waals surface area contributed by atoms with Crippen LogP contribution in [0.1, 0.15) is 10.6 Å². The highest BCUT2D eigenvalue weighted by Crippen LogP contribution is 2.37. The zero-order chi connectivity index (χ0) is 18.8. The summed E-state index contributed by atoms with van der Waals surface area (Å²) in [7, 11) is 0. The van der Waals surface area contributed by atoms with Crippen molar-refractivity contribution in [2.75, 3.05) is 4.90 Å². The molecule has 0 saturated carbocycles. The standard InChI is InChI=1S/C19H13BrN4OS2/c1-12-22-23-18(26-12)21-19-24(15-8-3-2-4-9-15)17(25)16(27-19)11-13-6-5-7-14(20)10-13/h2-11H,1H3/b16-11-,21-19+. The highest BCUT2D eigenvalue weighted by Gasteiger charge is 2.35. The number of hydrogen-bond donors (Lipinski definition) is 0. The smallest absolute Gasteiger partial charge is 0.268 e. The van der Waals surface area contributed by atoms with Crippen molar-refractivity contribution in [2.45, 2.75) is 6.92 Å². The Morgan fingerprint density at radius 2 is 1.93 bits per heavy atom. The van der Waals surface area contributed by atoms with Crippen LogP contribution in [0.3, 0.4) is 0 Å². The largest absolute Gasteiger partial charge is 0.271 e. The molecule has 27 heavy (non-hydrogen) atoms. The van der Waals surface area contributed by atoms with Gasteiger partial charge in [-0.25, -0.2) is 0 Å². The number of aliphatic imine (C=N–C) groups is 1. The summed E-state index contributed by atoms with van der Waals surface area (Å²) in [5.41, 5.74) is 1.72. The van der Waals surface area contributed by atoms with Gasteiger partial charge in [-0.1, -0.05) is 57.6 Å². The summed E-state index contributed by atoms with van der Waals surface area (Å²) in [5, 5.41) is 10.00. The van der Waals surface area contributed by atoms with Crippen LogP contribution in [0.25, 0.3) is 6.08 Å². The van der Waals surface area contributed by atoms with Crippen LogP contribution in [0.4, 0.5) is 10.8 Å². The first-order chi connectivity index (χ1) is 13.1. The first-order valence-corrected chi connectivity index (χ1v) is 10.5. The van der Waals surface area contributed by atoms with Crippen LogP contribution in [-0.2, 0) is 4.79 Å². The molecule has 0 bridgehead atoms. The number of amidine groups is 1. The van der Waals surface area contributed by atoms with Crippen LogP contribution < -0.4 is 4.90 Å². The maximum atomic E-state index is 13.1. The summed E-state index contributed by atoms with van der Waals surface area (Å²) in [6.45, 7) is 1.88. The van der Waals surface area contributed by atoms with Crippen molar-refractivity contribution in [1.29, 1.82) is 0 Å². The van der Waals surface area contributed by atoms with E-state index < -0.39 is 0 Å². The fourth-order valence-corrected chi connectivity index (χ4v) is 4.53. The van der Waals surface area contributed by atoms with E-state index >= 15 is 0 Å². The molecule has 0 aliphatic carbocycles. The normalized spacial score (nSPS) is 17.3. The molecule has 1 amide bonds. The molecule has 0 atom stereocenters. The minimum Gasteiger partial charge on any atom is -0.268 e. The Hall–Kier alpha value is -2.29. The Balaban J connectivity index is 1.77. The van der Waals surface area contributed by atoms with Gasteiger partial charge in [0.25, 0.3) is 5.91 Å². The van der Waals surface area contributed by atoms with Gasteiger partial charge in [-0.2, -0.15) is 4.99 Å². The number of aromatic nitrogens is 2. The van der Waals surface area contributed by atoms with Crippen LogP contribution in [0, 0.1) is 6.92 Å². The average Bonchev–Trinajstić information content (AvgIpc) is 3.19. The number of hydrogen-bond acceptors (Lipinski definition) is 6. The van der Waals surface area contributed by atoms with E-state index in [-0.39, 0.29) is 5.91 Å². The predicted molar refractivity (Wildman–Crippen MR) is 115 cm³/mol. The summed E-state index contributed by atoms with van der Waals surface area (Å²) in [6, 6.07) is 17.3. The lowest BCUT2D eigenvalue weighted by Crippen LogP contribution is -2.28. The molecule has 4 rings (SSSR count). The molecular formula is C19H13BrN4OS2. The van der Waals surface area contributed by atoms with Gasteiger partial charge in [0.1, 0.15) is 5.01 Å². The molecule has 0 unspecified atom stereocenters. The lowest BCUT2D eigenvalue weighted by Gasteiger charge is -2.14. The molecule has 1 fully saturated rings. The van der Waals surface area contributed by atoms with Crippen LogP contribution in [0.2, 0.25) is 0 Å². The Bertz CT molecular complexity index is 1060. The van der Waals surface area contributed by atoms with Gasteiger partial charge in [0.2, 0.25) is 5.13 Å². The predicted octanol–water partition coefficient (Wildman–Crippen LogP) is 5.42. The van der Waals surface area contributed by atoms with Gasteiger partial charge in [-0.3, -0.25) is 9.69 Å². The number of rotatable bonds is 3. The van der Waals surface area contributed by atoms with Gasteiger partial charge in [0.05, 0.1) is 10.6 Å². The van der Waals surface area contributed by atoms with Crippen molar-refractivity contribution in [2.24, 2.45) is 4.99 Å². The van der Waals surface area contributed by atoms with Gasteiger partial charge < -0.3 is 0 Å². The Labute approximate surface area is 173 Å². The number of nitrogens with zero attached hydrogens (tertiary/aromatic N) is 4. The molecular weight excluding hydrogens is 444 g/mol. The first kappa shape index (κ1) is 18.1. The Kier molecular flexibility index (Phi) is 5.20. The molecule has 134 valence electrons. The molecule has 2 heterocycles. The SMILES string of the molecule is Cc1nnc(/N=C2/S/C(=C\c3cccc(Br)c3)C(=O)N2c2ccccc2)s1. The summed E-state index contributed by atoms with van der Waals surface area (Å²) in [4.78, 5) is 19.9. The molecule has 0 radical (unpaired) electrons. The molecule has 1 aliphatic heterocycles. The average molecular weight is 457 g/mol. The van der Waals surface area contributed by atoms with Gasteiger partial charge in [-0.05, 0) is 54.6 Å². The number of aryl methyl sites for hydroxylation is 1. The highest BCUT2D eigenvalue weighted by molar-refractivity contribution is 9.10. The van der Waals surface area contributed by atoms with E-state index in [1.54, 1.807) is 4.90 Å². The summed E-state index contributed by atoms with van der Waals surface area (Å²) in [6.07, 6.45) is 1.88. The van der Waals surface area contributed by atoms with Gasteiger partial charge in [0, 0.05) is 4.47 Å². The molecule has 5 nitrogen and oxygen atoms in total. The van der Waals surface area contributed by atoms with Crippen molar-refractivity contribution >= 4 is 67.0 Å². The van der Waals surface area contributed by atoms with E-state index in [1.807, 2.05) is 67.6 Å². The Morgan fingerprint density at radius 1 is 1.11 bits per heavy atom. The van der Waals surface area contributed by atoms with Crippen molar-refractivity contribution in [3.8, 4) is 0 Å². The van der Waals surface area contributed by atoms with Crippen molar-refractivity contribution in [1.82, 2.24) is 10.2 Å². The van der Waals surface area contributed by atoms with E-state index in [4.69, 9.17) is 0 Å². The van der Waals surface area contributed by atoms with Crippen molar-refractivity contribution in [3.05, 3.63) is 74.5 Å². The third-order valence-corrected chi connectivity index (χ3v) is 5.87. The zero-order valence-corrected chi connectivity index (χ0v) is 17.4. The number of anilines is 1. The summed E-state index contributed by atoms with van der Waals surface area (Å²) >= 11 is 6.20. The highest BCUT2D eigenvalue weighted by atomic mass is 79.9. The number of carbonyl (C=O) groups excluding carboxylic acids is 1. The molecule has 3 aromatic rings. The van der Waals surface area contributed by atoms with Gasteiger partial charge in [-0.15, -0.1) is 10.2 Å². The van der Waals surface area contributed by atoms with Crippen molar-refractivity contribution in [3.63, 3.8) is 0 Å². The van der Waals surface area contributed by atoms with Crippen LogP contribution in [0.5, 0.6) is 0 Å². The van der Waals surface area contributed by atoms with Gasteiger partial charge >= 0.3 is 0 Å². The van der Waals surface area contributed by atoms with E-state index in [0.29, 0.717) is 15.2 Å². The monoisotopic (exact) mass is 456 g/mol. The number of benzene rings is 2. The quantitative estimate of drug-likeness (QED) is 0.493. The Morgan fingerprint density at radius 3 is 2.63 bits per heavy atom. The third-order valence-electron chi connectivity index (χ3n) is 3.67. The summed E-state index contributed by atoms with van der Waals surface area (Å²) < 4.78 is 0.963. The van der Waals surface area contributed by atoms with Crippen LogP contribution >= 0.6 is 39.0 Å². The van der Waals surface area contributed by atoms with E-state index in [9.17, 15) is 4.79 Å². The molecule has 1 aromatic heterocycles. The second-order valence-electron chi connectivity index (χ2n) is 5.64. The fraction of sp³-hybridized carbons (Fsp3) is 0.0526. The minimum atomic E-state index is -0.105. The third kappa shape index (κ3) is 4.02. The molecule has 2 aromatic carbocycles. The van der Waals surface area contributed by atoms with Gasteiger partial charge in [0.15, 0.2) is 5.17 Å². The van der Waals surface area contributed by atoms with E-state index in [2.05, 4.69) is 31.1 Å².